The van der Waals surface area contributed by atoms with Crippen LogP contribution in [0.2, 0.25) is 0 Å². The third-order valence-corrected chi connectivity index (χ3v) is 6.03. The number of phenols is 2. The van der Waals surface area contributed by atoms with Crippen LogP contribution in [0.5, 0.6) is 23.0 Å². The van der Waals surface area contributed by atoms with E-state index in [2.05, 4.69) is 4.98 Å². The van der Waals surface area contributed by atoms with Gasteiger partial charge in [-0.2, -0.15) is 0 Å². The monoisotopic (exact) mass is 483 g/mol. The smallest absolute Gasteiger partial charge is 0.204 e. The Morgan fingerprint density at radius 2 is 1.72 bits per heavy atom. The molecule has 182 valence electrons. The molecular weight excluding hydrogens is 458 g/mol. The summed E-state index contributed by atoms with van der Waals surface area (Å²) < 4.78 is 18.0. The summed E-state index contributed by atoms with van der Waals surface area (Å²) in [7, 11) is 1.43. The molecule has 0 bridgehead atoms. The minimum Gasteiger partial charge on any atom is -0.508 e. The molecule has 0 fully saturated rings. The molecule has 0 amide bonds. The zero-order chi connectivity index (χ0) is 25.1. The fourth-order valence-electron chi connectivity index (χ4n) is 4.25. The largest absolute Gasteiger partial charge is 0.508 e. The molecule has 3 aromatic carbocycles. The number of H-pyrrole nitrogens is 1. The van der Waals surface area contributed by atoms with E-state index in [0.717, 1.165) is 11.1 Å². The van der Waals surface area contributed by atoms with E-state index in [1.165, 1.54) is 25.3 Å². The predicted octanol–water partition coefficient (Wildman–Crippen LogP) is 5.42. The molecule has 0 saturated carbocycles. The fourth-order valence-corrected chi connectivity index (χ4v) is 4.25. The number of ether oxygens (including phenoxy) is 2. The number of aromatic amines is 1. The van der Waals surface area contributed by atoms with Crippen molar-refractivity contribution in [3.05, 3.63) is 106 Å². The van der Waals surface area contributed by atoms with Gasteiger partial charge in [0.25, 0.3) is 0 Å². The van der Waals surface area contributed by atoms with Gasteiger partial charge in [-0.1, -0.05) is 30.3 Å². The second-order valence-corrected chi connectivity index (χ2v) is 8.40. The van der Waals surface area contributed by atoms with Crippen LogP contribution in [0.1, 0.15) is 16.7 Å². The van der Waals surface area contributed by atoms with E-state index in [-0.39, 0.29) is 28.2 Å². The molecule has 7 nitrogen and oxygen atoms in total. The Morgan fingerprint density at radius 3 is 2.42 bits per heavy atom. The van der Waals surface area contributed by atoms with Gasteiger partial charge in [0.05, 0.1) is 13.7 Å². The number of phenolic OH excluding ortho intramolecular Hbond substituents is 2. The van der Waals surface area contributed by atoms with Gasteiger partial charge in [-0.3, -0.25) is 4.79 Å². The molecule has 0 atom stereocenters. The first-order valence-corrected chi connectivity index (χ1v) is 11.5. The van der Waals surface area contributed by atoms with Crippen molar-refractivity contribution < 1.29 is 24.1 Å². The molecule has 2 aromatic heterocycles. The maximum absolute atomic E-state index is 13.2. The summed E-state index contributed by atoms with van der Waals surface area (Å²) in [6.45, 7) is 0.327. The molecule has 0 aliphatic rings. The Hall–Kier alpha value is -4.65. The van der Waals surface area contributed by atoms with Gasteiger partial charge in [-0.25, -0.2) is 0 Å². The average molecular weight is 484 g/mol. The van der Waals surface area contributed by atoms with Crippen molar-refractivity contribution >= 4 is 11.0 Å². The highest BCUT2D eigenvalue weighted by Crippen LogP contribution is 2.46. The van der Waals surface area contributed by atoms with Crippen LogP contribution >= 0.6 is 0 Å². The van der Waals surface area contributed by atoms with Crippen LogP contribution in [-0.2, 0) is 12.8 Å². The second kappa shape index (κ2) is 9.92. The van der Waals surface area contributed by atoms with Gasteiger partial charge >= 0.3 is 0 Å². The minimum absolute atomic E-state index is 0.0234. The van der Waals surface area contributed by atoms with Crippen molar-refractivity contribution in [3.63, 3.8) is 0 Å². The number of hydrogen-bond acceptors (Lipinski definition) is 6. The lowest BCUT2D eigenvalue weighted by atomic mass is 10.0. The zero-order valence-electron chi connectivity index (χ0n) is 19.7. The molecule has 0 aliphatic heterocycles. The van der Waals surface area contributed by atoms with E-state index in [1.54, 1.807) is 12.1 Å². The van der Waals surface area contributed by atoms with Crippen LogP contribution in [0.4, 0.5) is 0 Å². The fraction of sp³-hybridized carbons (Fsp3) is 0.138. The molecule has 2 heterocycles. The van der Waals surface area contributed by atoms with Gasteiger partial charge < -0.3 is 29.1 Å². The highest BCUT2D eigenvalue weighted by Gasteiger charge is 2.26. The molecule has 7 heteroatoms. The Kier molecular flexibility index (Phi) is 6.36. The Balaban J connectivity index is 1.68. The van der Waals surface area contributed by atoms with Crippen molar-refractivity contribution in [3.8, 4) is 34.3 Å². The normalized spacial score (nSPS) is 11.0. The standard InChI is InChI=1S/C29H25NO6/c1-34-29-26(33)25-23(32)16-24(20-7-9-21(31)10-8-20)36-27(25)22(15-19-11-13-30-17-19)28(29)35-14-12-18-5-3-2-4-6-18/h2-11,13,16-17,30-31,33H,12,14-15H2,1H3. The van der Waals surface area contributed by atoms with Crippen molar-refractivity contribution in [1.82, 2.24) is 4.98 Å². The summed E-state index contributed by atoms with van der Waals surface area (Å²) >= 11 is 0. The summed E-state index contributed by atoms with van der Waals surface area (Å²) in [5.41, 5.74) is 3.05. The first-order valence-electron chi connectivity index (χ1n) is 11.5. The first kappa shape index (κ1) is 23.1. The van der Waals surface area contributed by atoms with Crippen molar-refractivity contribution in [2.45, 2.75) is 12.8 Å². The van der Waals surface area contributed by atoms with Gasteiger partial charge in [-0.05, 0) is 41.5 Å². The summed E-state index contributed by atoms with van der Waals surface area (Å²) in [6.07, 6.45) is 4.67. The number of hydrogen-bond donors (Lipinski definition) is 3. The average Bonchev–Trinajstić information content (AvgIpc) is 3.40. The molecule has 0 spiro atoms. The quantitative estimate of drug-likeness (QED) is 0.272. The topological polar surface area (TPSA) is 105 Å². The van der Waals surface area contributed by atoms with Crippen LogP contribution in [0.15, 0.2) is 88.3 Å². The number of benzene rings is 3. The van der Waals surface area contributed by atoms with E-state index in [9.17, 15) is 15.0 Å². The molecule has 5 rings (SSSR count). The molecule has 0 unspecified atom stereocenters. The van der Waals surface area contributed by atoms with Crippen molar-refractivity contribution in [1.29, 1.82) is 0 Å². The third-order valence-electron chi connectivity index (χ3n) is 6.03. The maximum atomic E-state index is 13.2. The van der Waals surface area contributed by atoms with Gasteiger partial charge in [0.2, 0.25) is 5.75 Å². The Labute approximate surface area is 207 Å². The molecule has 0 saturated heterocycles. The zero-order valence-corrected chi connectivity index (χ0v) is 19.7. The molecule has 0 aliphatic carbocycles. The van der Waals surface area contributed by atoms with Gasteiger partial charge in [0, 0.05) is 42.4 Å². The summed E-state index contributed by atoms with van der Waals surface area (Å²) in [4.78, 5) is 16.3. The molecule has 36 heavy (non-hydrogen) atoms. The van der Waals surface area contributed by atoms with Gasteiger partial charge in [0.15, 0.2) is 16.9 Å². The molecular formula is C29H25NO6. The van der Waals surface area contributed by atoms with E-state index in [0.29, 0.717) is 42.1 Å². The van der Waals surface area contributed by atoms with Crippen molar-refractivity contribution in [2.24, 2.45) is 0 Å². The lowest BCUT2D eigenvalue weighted by Gasteiger charge is -2.19. The second-order valence-electron chi connectivity index (χ2n) is 8.40. The number of methoxy groups -OCH3 is 1. The first-order chi connectivity index (χ1) is 17.5. The van der Waals surface area contributed by atoms with E-state index >= 15 is 0 Å². The molecule has 5 aromatic rings. The van der Waals surface area contributed by atoms with Crippen molar-refractivity contribution in [2.75, 3.05) is 13.7 Å². The number of rotatable bonds is 8. The number of fused-ring (bicyclic) bond motifs is 1. The molecule has 0 radical (unpaired) electrons. The Bertz CT molecular complexity index is 1540. The van der Waals surface area contributed by atoms with Crippen LogP contribution in [0.25, 0.3) is 22.3 Å². The van der Waals surface area contributed by atoms with Crippen LogP contribution in [-0.4, -0.2) is 28.9 Å². The highest BCUT2D eigenvalue weighted by atomic mass is 16.5. The van der Waals surface area contributed by atoms with E-state index < -0.39 is 5.43 Å². The van der Waals surface area contributed by atoms with Gasteiger partial charge in [0.1, 0.15) is 22.5 Å². The van der Waals surface area contributed by atoms with Gasteiger partial charge in [-0.15, -0.1) is 0 Å². The lowest BCUT2D eigenvalue weighted by molar-refractivity contribution is 0.287. The SMILES string of the molecule is COc1c(OCCc2ccccc2)c(Cc2cc[nH]c2)c2oc(-c3ccc(O)cc3)cc(=O)c2c1O. The summed E-state index contributed by atoms with van der Waals surface area (Å²) in [5.74, 6) is 0.497. The number of aromatic hydroxyl groups is 2. The van der Waals surface area contributed by atoms with Crippen LogP contribution in [0.3, 0.4) is 0 Å². The highest BCUT2D eigenvalue weighted by molar-refractivity contribution is 5.93. The number of aromatic nitrogens is 1. The Morgan fingerprint density at radius 1 is 0.944 bits per heavy atom. The molecule has 3 N–H and O–H groups in total. The van der Waals surface area contributed by atoms with E-state index in [4.69, 9.17) is 13.9 Å². The summed E-state index contributed by atoms with van der Waals surface area (Å²) in [6, 6.07) is 19.5. The van der Waals surface area contributed by atoms with Crippen LogP contribution < -0.4 is 14.9 Å². The minimum atomic E-state index is -0.415. The summed E-state index contributed by atoms with van der Waals surface area (Å²) in [5, 5.41) is 20.7. The maximum Gasteiger partial charge on any atom is 0.204 e. The third kappa shape index (κ3) is 4.51. The van der Waals surface area contributed by atoms with Crippen LogP contribution in [0, 0.1) is 0 Å². The number of nitrogens with one attached hydrogen (secondary N) is 1. The predicted molar refractivity (Wildman–Crippen MR) is 137 cm³/mol. The lowest BCUT2D eigenvalue weighted by Crippen LogP contribution is -2.09. The van der Waals surface area contributed by atoms with E-state index in [1.807, 2.05) is 48.8 Å².